The molecule has 0 fully saturated rings. The first kappa shape index (κ1) is 16.2. The maximum Gasteiger partial charge on any atom is 0.256 e. The normalized spacial score (nSPS) is 11.5. The number of rotatable bonds is 4. The fraction of sp³-hybridized carbons (Fsp3) is 0.125. The van der Waals surface area contributed by atoms with Crippen LogP contribution in [0.5, 0.6) is 0 Å². The monoisotopic (exact) mass is 332 g/mol. The van der Waals surface area contributed by atoms with Gasteiger partial charge in [0.15, 0.2) is 0 Å². The summed E-state index contributed by atoms with van der Waals surface area (Å²) in [6.07, 6.45) is 0. The zero-order chi connectivity index (χ0) is 16.1. The van der Waals surface area contributed by atoms with Crippen molar-refractivity contribution in [2.75, 3.05) is 11.1 Å². The minimum Gasteiger partial charge on any atom is -0.322 e. The molecule has 0 bridgehead atoms. The van der Waals surface area contributed by atoms with Crippen LogP contribution in [0.4, 0.5) is 5.69 Å². The van der Waals surface area contributed by atoms with Crippen molar-refractivity contribution >= 4 is 34.0 Å². The number of nitrogens with one attached hydrogen (secondary N) is 1. The van der Waals surface area contributed by atoms with Gasteiger partial charge in [-0.3, -0.25) is 9.00 Å². The van der Waals surface area contributed by atoms with Gasteiger partial charge in [0, 0.05) is 11.4 Å². The Morgan fingerprint density at radius 3 is 2.68 bits per heavy atom. The Labute approximate surface area is 136 Å². The van der Waals surface area contributed by atoms with Crippen LogP contribution < -0.4 is 5.32 Å². The maximum absolute atomic E-state index is 12.4. The van der Waals surface area contributed by atoms with E-state index in [-0.39, 0.29) is 10.9 Å². The summed E-state index contributed by atoms with van der Waals surface area (Å²) in [4.78, 5) is 12.9. The number of benzene rings is 2. The zero-order valence-corrected chi connectivity index (χ0v) is 13.4. The van der Waals surface area contributed by atoms with E-state index in [0.29, 0.717) is 27.5 Å². The molecule has 0 aliphatic heterocycles. The molecule has 2 aromatic rings. The second-order valence-electron chi connectivity index (χ2n) is 4.39. The second kappa shape index (κ2) is 7.21. The first-order valence-corrected chi connectivity index (χ1v) is 8.25. The molecule has 1 amide bonds. The summed E-state index contributed by atoms with van der Waals surface area (Å²) in [6.45, 7) is 1.80. The summed E-state index contributed by atoms with van der Waals surface area (Å²) >= 11 is 5.94. The van der Waals surface area contributed by atoms with Crippen LogP contribution in [0.15, 0.2) is 47.4 Å². The van der Waals surface area contributed by atoms with E-state index >= 15 is 0 Å². The molecule has 4 nitrogen and oxygen atoms in total. The summed E-state index contributed by atoms with van der Waals surface area (Å²) in [7, 11) is -1.22. The van der Waals surface area contributed by atoms with Gasteiger partial charge in [-0.15, -0.1) is 0 Å². The SMILES string of the molecule is CC[S@@](=O)c1ccccc1C(=O)Nc1ccc(C#N)c(Cl)c1. The summed E-state index contributed by atoms with van der Waals surface area (Å²) < 4.78 is 12.0. The number of anilines is 1. The molecule has 2 aromatic carbocycles. The number of carbonyl (C=O) groups excluding carboxylic acids is 1. The Balaban J connectivity index is 2.29. The van der Waals surface area contributed by atoms with Crippen LogP contribution in [0.25, 0.3) is 0 Å². The maximum atomic E-state index is 12.4. The van der Waals surface area contributed by atoms with E-state index in [2.05, 4.69) is 5.32 Å². The van der Waals surface area contributed by atoms with Gasteiger partial charge in [-0.05, 0) is 30.3 Å². The number of nitrogens with zero attached hydrogens (tertiary/aromatic N) is 1. The van der Waals surface area contributed by atoms with Crippen LogP contribution in [0, 0.1) is 11.3 Å². The highest BCUT2D eigenvalue weighted by molar-refractivity contribution is 7.85. The summed E-state index contributed by atoms with van der Waals surface area (Å²) in [6, 6.07) is 13.4. The Morgan fingerprint density at radius 1 is 1.32 bits per heavy atom. The lowest BCUT2D eigenvalue weighted by Crippen LogP contribution is -2.15. The molecular formula is C16H13ClN2O2S. The molecule has 1 N–H and O–H groups in total. The van der Waals surface area contributed by atoms with Crippen molar-refractivity contribution in [2.24, 2.45) is 0 Å². The Kier molecular flexibility index (Phi) is 5.31. The average molecular weight is 333 g/mol. The molecule has 6 heteroatoms. The van der Waals surface area contributed by atoms with Gasteiger partial charge in [0.1, 0.15) is 6.07 Å². The molecule has 2 rings (SSSR count). The first-order chi connectivity index (χ1) is 10.6. The largest absolute Gasteiger partial charge is 0.322 e. The van der Waals surface area contributed by atoms with Crippen molar-refractivity contribution in [1.29, 1.82) is 5.26 Å². The van der Waals surface area contributed by atoms with Crippen molar-refractivity contribution < 1.29 is 9.00 Å². The van der Waals surface area contributed by atoms with Crippen LogP contribution in [-0.2, 0) is 10.8 Å². The Morgan fingerprint density at radius 2 is 2.05 bits per heavy atom. The Hall–Kier alpha value is -2.16. The van der Waals surface area contributed by atoms with Crippen LogP contribution in [0.3, 0.4) is 0 Å². The highest BCUT2D eigenvalue weighted by Crippen LogP contribution is 2.22. The minimum atomic E-state index is -1.22. The van der Waals surface area contributed by atoms with E-state index in [4.69, 9.17) is 16.9 Å². The summed E-state index contributed by atoms with van der Waals surface area (Å²) in [5, 5.41) is 11.8. The number of hydrogen-bond acceptors (Lipinski definition) is 3. The third kappa shape index (κ3) is 3.53. The topological polar surface area (TPSA) is 70.0 Å². The van der Waals surface area contributed by atoms with Crippen molar-refractivity contribution in [3.8, 4) is 6.07 Å². The van der Waals surface area contributed by atoms with E-state index in [0.717, 1.165) is 0 Å². The fourth-order valence-corrected chi connectivity index (χ4v) is 3.06. The number of carbonyl (C=O) groups is 1. The van der Waals surface area contributed by atoms with Gasteiger partial charge in [0.05, 0.1) is 31.8 Å². The fourth-order valence-electron chi connectivity index (χ4n) is 1.89. The lowest BCUT2D eigenvalue weighted by atomic mass is 10.2. The van der Waals surface area contributed by atoms with Gasteiger partial charge in [0.25, 0.3) is 5.91 Å². The van der Waals surface area contributed by atoms with Crippen molar-refractivity contribution in [2.45, 2.75) is 11.8 Å². The van der Waals surface area contributed by atoms with Crippen molar-refractivity contribution in [3.05, 3.63) is 58.6 Å². The smallest absolute Gasteiger partial charge is 0.256 e. The molecule has 0 radical (unpaired) electrons. The minimum absolute atomic E-state index is 0.269. The third-order valence-corrected chi connectivity index (χ3v) is 4.67. The van der Waals surface area contributed by atoms with E-state index in [9.17, 15) is 9.00 Å². The number of nitriles is 1. The third-order valence-electron chi connectivity index (χ3n) is 2.99. The first-order valence-electron chi connectivity index (χ1n) is 6.55. The van der Waals surface area contributed by atoms with Crippen LogP contribution in [0.2, 0.25) is 5.02 Å². The number of hydrogen-bond donors (Lipinski definition) is 1. The summed E-state index contributed by atoms with van der Waals surface area (Å²) in [5.74, 6) is 0.0747. The van der Waals surface area contributed by atoms with E-state index in [1.54, 1.807) is 37.3 Å². The molecule has 0 spiro atoms. The Bertz CT molecular complexity index is 784. The van der Waals surface area contributed by atoms with Gasteiger partial charge in [-0.2, -0.15) is 5.26 Å². The van der Waals surface area contributed by atoms with Gasteiger partial charge in [0.2, 0.25) is 0 Å². The predicted octanol–water partition coefficient (Wildman–Crippen LogP) is 3.59. The molecule has 112 valence electrons. The predicted molar refractivity (Wildman–Crippen MR) is 87.5 cm³/mol. The van der Waals surface area contributed by atoms with E-state index < -0.39 is 10.8 Å². The molecule has 0 saturated heterocycles. The number of amides is 1. The molecular weight excluding hydrogens is 320 g/mol. The summed E-state index contributed by atoms with van der Waals surface area (Å²) in [5.41, 5.74) is 1.18. The van der Waals surface area contributed by atoms with Crippen LogP contribution in [-0.4, -0.2) is 15.9 Å². The van der Waals surface area contributed by atoms with Crippen molar-refractivity contribution in [3.63, 3.8) is 0 Å². The van der Waals surface area contributed by atoms with Crippen LogP contribution in [0.1, 0.15) is 22.8 Å². The van der Waals surface area contributed by atoms with E-state index in [1.807, 2.05) is 6.07 Å². The van der Waals surface area contributed by atoms with Gasteiger partial charge >= 0.3 is 0 Å². The molecule has 0 aromatic heterocycles. The molecule has 22 heavy (non-hydrogen) atoms. The highest BCUT2D eigenvalue weighted by atomic mass is 35.5. The molecule has 1 atom stereocenters. The lowest BCUT2D eigenvalue weighted by molar-refractivity contribution is 0.102. The highest BCUT2D eigenvalue weighted by Gasteiger charge is 2.15. The quantitative estimate of drug-likeness (QED) is 0.930. The standard InChI is InChI=1S/C16H13ClN2O2S/c1-2-22(21)15-6-4-3-5-13(15)16(20)19-12-8-7-11(10-18)14(17)9-12/h3-9H,2H2,1H3,(H,19,20)/t22-/m1/s1. The van der Waals surface area contributed by atoms with Gasteiger partial charge in [-0.1, -0.05) is 30.7 Å². The van der Waals surface area contributed by atoms with Crippen LogP contribution >= 0.6 is 11.6 Å². The second-order valence-corrected chi connectivity index (χ2v) is 6.51. The lowest BCUT2D eigenvalue weighted by Gasteiger charge is -2.10. The average Bonchev–Trinajstić information content (AvgIpc) is 2.54. The zero-order valence-electron chi connectivity index (χ0n) is 11.8. The molecule has 0 saturated carbocycles. The molecule has 0 aliphatic rings. The van der Waals surface area contributed by atoms with E-state index in [1.165, 1.54) is 12.1 Å². The molecule has 0 aliphatic carbocycles. The van der Waals surface area contributed by atoms with Crippen molar-refractivity contribution in [1.82, 2.24) is 0 Å². The number of halogens is 1. The van der Waals surface area contributed by atoms with Gasteiger partial charge < -0.3 is 5.32 Å². The van der Waals surface area contributed by atoms with Gasteiger partial charge in [-0.25, -0.2) is 0 Å². The molecule has 0 unspecified atom stereocenters. The molecule has 0 heterocycles.